The third kappa shape index (κ3) is 3.60. The molecule has 0 unspecified atom stereocenters. The van der Waals surface area contributed by atoms with E-state index in [0.29, 0.717) is 17.7 Å². The van der Waals surface area contributed by atoms with E-state index in [9.17, 15) is 4.79 Å². The highest BCUT2D eigenvalue weighted by Crippen LogP contribution is 2.28. The van der Waals surface area contributed by atoms with Crippen LogP contribution < -0.4 is 0 Å². The number of hydrogen-bond acceptors (Lipinski definition) is 3. The smallest absolute Gasteiger partial charge is 0.338 e. The molecule has 1 rings (SSSR count). The Morgan fingerprint density at radius 2 is 1.89 bits per heavy atom. The minimum Gasteiger partial charge on any atom is -0.462 e. The summed E-state index contributed by atoms with van der Waals surface area (Å²) in [5.41, 5.74) is 9.83. The van der Waals surface area contributed by atoms with Gasteiger partial charge in [0.25, 0.3) is 0 Å². The molecule has 0 aliphatic carbocycles. The van der Waals surface area contributed by atoms with Gasteiger partial charge in [-0.2, -0.15) is 0 Å². The van der Waals surface area contributed by atoms with Crippen molar-refractivity contribution in [2.45, 2.75) is 26.3 Å². The van der Waals surface area contributed by atoms with Crippen LogP contribution in [0.15, 0.2) is 36.0 Å². The summed E-state index contributed by atoms with van der Waals surface area (Å²) in [7, 11) is 0. The molecular weight excluding hydrogens is 242 g/mol. The molecule has 0 bridgehead atoms. The maximum atomic E-state index is 11.5. The highest BCUT2D eigenvalue weighted by atomic mass is 16.5. The first-order valence-electron chi connectivity index (χ1n) is 5.95. The molecule has 0 atom stereocenters. The van der Waals surface area contributed by atoms with E-state index in [1.807, 2.05) is 0 Å². The summed E-state index contributed by atoms with van der Waals surface area (Å²) >= 11 is 0. The zero-order valence-corrected chi connectivity index (χ0v) is 11.4. The van der Waals surface area contributed by atoms with Gasteiger partial charge in [0.05, 0.1) is 17.7 Å². The molecule has 19 heavy (non-hydrogen) atoms. The van der Waals surface area contributed by atoms with Gasteiger partial charge in [0.2, 0.25) is 0 Å². The van der Waals surface area contributed by atoms with Crippen LogP contribution in [0.1, 0.15) is 36.7 Å². The lowest BCUT2D eigenvalue weighted by molar-refractivity contribution is 0.0526. The second kappa shape index (κ2) is 6.07. The Hall–Kier alpha value is -2.26. The van der Waals surface area contributed by atoms with Gasteiger partial charge in [-0.15, -0.1) is 0 Å². The van der Waals surface area contributed by atoms with Crippen molar-refractivity contribution in [1.29, 1.82) is 0 Å². The molecule has 5 heteroatoms. The molecule has 0 fully saturated rings. The van der Waals surface area contributed by atoms with E-state index < -0.39 is 5.54 Å². The molecule has 0 aliphatic rings. The van der Waals surface area contributed by atoms with Gasteiger partial charge >= 0.3 is 5.97 Å². The van der Waals surface area contributed by atoms with E-state index in [1.165, 1.54) is 0 Å². The molecule has 1 aromatic rings. The Labute approximate surface area is 112 Å². The van der Waals surface area contributed by atoms with Crippen LogP contribution in [0.25, 0.3) is 16.0 Å². The Kier molecular flexibility index (Phi) is 4.73. The van der Waals surface area contributed by atoms with Crippen LogP contribution in [0.5, 0.6) is 0 Å². The molecule has 0 spiro atoms. The minimum absolute atomic E-state index is 0.344. The lowest BCUT2D eigenvalue weighted by Crippen LogP contribution is -2.17. The van der Waals surface area contributed by atoms with E-state index >= 15 is 0 Å². The lowest BCUT2D eigenvalue weighted by atomic mass is 9.90. The van der Waals surface area contributed by atoms with Crippen LogP contribution >= 0.6 is 0 Å². The van der Waals surface area contributed by atoms with E-state index in [0.717, 1.165) is 5.56 Å². The van der Waals surface area contributed by atoms with Gasteiger partial charge < -0.3 is 4.74 Å². The van der Waals surface area contributed by atoms with Gasteiger partial charge in [-0.3, -0.25) is 0 Å². The van der Waals surface area contributed by atoms with Crippen LogP contribution in [0.2, 0.25) is 0 Å². The van der Waals surface area contributed by atoms with Crippen LogP contribution in [-0.4, -0.2) is 18.1 Å². The summed E-state index contributed by atoms with van der Waals surface area (Å²) < 4.78 is 4.91. The zero-order valence-electron chi connectivity index (χ0n) is 11.4. The molecule has 0 amide bonds. The maximum Gasteiger partial charge on any atom is 0.338 e. The summed E-state index contributed by atoms with van der Waals surface area (Å²) in [6, 6.07) is 6.88. The molecule has 5 nitrogen and oxygen atoms in total. The molecule has 100 valence electrons. The first-order chi connectivity index (χ1) is 8.92. The first kappa shape index (κ1) is 14.8. The molecule has 0 saturated carbocycles. The Morgan fingerprint density at radius 1 is 1.37 bits per heavy atom. The molecule has 1 aromatic carbocycles. The predicted molar refractivity (Wildman–Crippen MR) is 74.7 cm³/mol. The van der Waals surface area contributed by atoms with Crippen molar-refractivity contribution in [3.63, 3.8) is 0 Å². The van der Waals surface area contributed by atoms with Crippen molar-refractivity contribution < 1.29 is 9.53 Å². The second-order valence-corrected chi connectivity index (χ2v) is 4.52. The summed E-state index contributed by atoms with van der Waals surface area (Å²) in [6.45, 7) is 9.62. The Balaban J connectivity index is 2.96. The summed E-state index contributed by atoms with van der Waals surface area (Å²) in [5.74, 6) is -0.353. The first-order valence-corrected chi connectivity index (χ1v) is 5.95. The largest absolute Gasteiger partial charge is 0.462 e. The monoisotopic (exact) mass is 259 g/mol. The van der Waals surface area contributed by atoms with E-state index in [4.69, 9.17) is 10.3 Å². The van der Waals surface area contributed by atoms with Crippen molar-refractivity contribution in [1.82, 2.24) is 0 Å². The van der Waals surface area contributed by atoms with Gasteiger partial charge in [0, 0.05) is 4.91 Å². The number of ether oxygens (including phenoxy) is 1. The maximum absolute atomic E-state index is 11.5. The zero-order chi connectivity index (χ0) is 14.5. The minimum atomic E-state index is -0.708. The third-order valence-corrected chi connectivity index (χ3v) is 2.78. The van der Waals surface area contributed by atoms with Crippen LogP contribution in [0, 0.1) is 0 Å². The Morgan fingerprint density at radius 3 is 2.37 bits per heavy atom. The Bertz CT molecular complexity index is 526. The van der Waals surface area contributed by atoms with E-state index in [2.05, 4.69) is 16.6 Å². The number of esters is 1. The van der Waals surface area contributed by atoms with E-state index in [-0.39, 0.29) is 5.97 Å². The average Bonchev–Trinajstić information content (AvgIpc) is 2.38. The number of carbonyl (C=O) groups is 1. The normalized spacial score (nSPS) is 10.5. The third-order valence-electron chi connectivity index (χ3n) is 2.78. The van der Waals surface area contributed by atoms with Crippen LogP contribution in [0.4, 0.5) is 0 Å². The number of hydrogen-bond donors (Lipinski definition) is 0. The summed E-state index contributed by atoms with van der Waals surface area (Å²) in [5, 5.41) is 3.71. The molecule has 0 aliphatic heterocycles. The number of nitrogens with zero attached hydrogens (tertiary/aromatic N) is 3. The molecule has 0 N–H and O–H groups in total. The fourth-order valence-corrected chi connectivity index (χ4v) is 1.55. The molecule has 0 heterocycles. The number of carbonyl (C=O) groups excluding carboxylic acids is 1. The summed E-state index contributed by atoms with van der Waals surface area (Å²) in [6.07, 6.45) is 0. The molecule has 0 aromatic heterocycles. The van der Waals surface area contributed by atoms with Gasteiger partial charge in [-0.25, -0.2) is 4.79 Å². The number of rotatable bonds is 5. The van der Waals surface area contributed by atoms with Gasteiger partial charge in [-0.05, 0) is 35.7 Å². The second-order valence-electron chi connectivity index (χ2n) is 4.52. The highest BCUT2D eigenvalue weighted by Gasteiger charge is 2.21. The predicted octanol–water partition coefficient (Wildman–Crippen LogP) is 3.97. The van der Waals surface area contributed by atoms with Gasteiger partial charge in [0.15, 0.2) is 0 Å². The standard InChI is InChI=1S/C14H17N3O2/c1-5-19-13(18)12-8-6-11(7-9-12)10(2)14(3,4)16-17-15/h6-9H,2,5H2,1,3-4H3. The SMILES string of the molecule is C=C(c1ccc(C(=O)OCC)cc1)C(C)(C)N=[N+]=[N-]. The van der Waals surface area contributed by atoms with Crippen molar-refractivity contribution in [3.8, 4) is 0 Å². The molecule has 0 saturated heterocycles. The number of azide groups is 1. The summed E-state index contributed by atoms with van der Waals surface area (Å²) in [4.78, 5) is 14.3. The highest BCUT2D eigenvalue weighted by molar-refractivity contribution is 5.90. The van der Waals surface area contributed by atoms with Crippen molar-refractivity contribution in [2.75, 3.05) is 6.61 Å². The molecule has 0 radical (unpaired) electrons. The van der Waals surface area contributed by atoms with Crippen LogP contribution in [0.3, 0.4) is 0 Å². The fraction of sp³-hybridized carbons (Fsp3) is 0.357. The van der Waals surface area contributed by atoms with Crippen molar-refractivity contribution >= 4 is 11.5 Å². The fourth-order valence-electron chi connectivity index (χ4n) is 1.55. The van der Waals surface area contributed by atoms with Gasteiger partial charge in [-0.1, -0.05) is 37.7 Å². The van der Waals surface area contributed by atoms with Crippen molar-refractivity contribution in [3.05, 3.63) is 52.4 Å². The lowest BCUT2D eigenvalue weighted by Gasteiger charge is -2.21. The molecular formula is C14H17N3O2. The quantitative estimate of drug-likeness (QED) is 0.347. The average molecular weight is 259 g/mol. The number of benzene rings is 1. The van der Waals surface area contributed by atoms with Gasteiger partial charge in [0.1, 0.15) is 0 Å². The topological polar surface area (TPSA) is 75.1 Å². The van der Waals surface area contributed by atoms with E-state index in [1.54, 1.807) is 45.0 Å². The van der Waals surface area contributed by atoms with Crippen molar-refractivity contribution in [2.24, 2.45) is 5.11 Å². The van der Waals surface area contributed by atoms with Crippen LogP contribution in [-0.2, 0) is 4.74 Å².